The van der Waals surface area contributed by atoms with E-state index in [9.17, 15) is 0 Å². The van der Waals surface area contributed by atoms with Crippen LogP contribution in [0.3, 0.4) is 0 Å². The highest BCUT2D eigenvalue weighted by molar-refractivity contribution is 6.20. The summed E-state index contributed by atoms with van der Waals surface area (Å²) in [6, 6.07) is 86.4. The molecule has 67 heavy (non-hydrogen) atoms. The molecule has 2 heterocycles. The average molecular weight is 853 g/mol. The third kappa shape index (κ3) is 6.49. The molecule has 11 aromatic carbocycles. The SMILES string of the molecule is c1ccc(-c2ccccc2-c2nc(-c3ccc(-c4c5ccccc5cc5c4ccc4ccccc45)cc3)nc(-c3ccccc3-c3cccc4c3c3ccccc3n4-c3ccccc3)n2)cc1. The van der Waals surface area contributed by atoms with Crippen LogP contribution in [-0.4, -0.2) is 19.5 Å². The Hall–Kier alpha value is -8.99. The second kappa shape index (κ2) is 15.9. The Morgan fingerprint density at radius 3 is 1.57 bits per heavy atom. The van der Waals surface area contributed by atoms with Crippen molar-refractivity contribution in [1.82, 2.24) is 19.5 Å². The van der Waals surface area contributed by atoms with Crippen LogP contribution in [0.1, 0.15) is 0 Å². The van der Waals surface area contributed by atoms with E-state index in [1.807, 2.05) is 6.07 Å². The number of para-hydroxylation sites is 2. The van der Waals surface area contributed by atoms with Crippen LogP contribution in [0.2, 0.25) is 0 Å². The molecule has 2 aromatic heterocycles. The Morgan fingerprint density at radius 1 is 0.269 bits per heavy atom. The molecule has 4 heteroatoms. The molecule has 0 aliphatic rings. The maximum Gasteiger partial charge on any atom is 0.164 e. The van der Waals surface area contributed by atoms with Gasteiger partial charge in [-0.3, -0.25) is 0 Å². The number of aromatic nitrogens is 4. The van der Waals surface area contributed by atoms with Crippen molar-refractivity contribution in [3.8, 4) is 73.2 Å². The lowest BCUT2D eigenvalue weighted by molar-refractivity contribution is 1.07. The van der Waals surface area contributed by atoms with Crippen LogP contribution >= 0.6 is 0 Å². The third-order valence-electron chi connectivity index (χ3n) is 13.3. The molecule has 0 atom stereocenters. The van der Waals surface area contributed by atoms with E-state index in [1.54, 1.807) is 0 Å². The average Bonchev–Trinajstić information content (AvgIpc) is 3.75. The zero-order valence-electron chi connectivity index (χ0n) is 36.4. The third-order valence-corrected chi connectivity index (χ3v) is 13.3. The minimum absolute atomic E-state index is 0.608. The quantitative estimate of drug-likeness (QED) is 0.118. The summed E-state index contributed by atoms with van der Waals surface area (Å²) in [5.41, 5.74) is 12.9. The standard InChI is InChI=1S/C63H40N4/c1-3-18-41(19-4-1)47-24-11-13-28-53(47)62-64-61(44-36-34-43(35-37-44)59-49-26-10-8-21-45(49)40-56-48-25-9-7-20-42(48)38-39-52(56)59)65-63(66-62)54-29-14-12-27-50(54)51-31-17-33-58-60(51)55-30-15-16-32-57(55)67(58)46-22-5-2-6-23-46/h1-40H. The number of benzene rings is 11. The first kappa shape index (κ1) is 38.5. The molecule has 0 saturated heterocycles. The summed E-state index contributed by atoms with van der Waals surface area (Å²) >= 11 is 0. The van der Waals surface area contributed by atoms with Crippen molar-refractivity contribution in [1.29, 1.82) is 0 Å². The van der Waals surface area contributed by atoms with E-state index in [2.05, 4.69) is 241 Å². The Kier molecular flexibility index (Phi) is 9.14. The minimum atomic E-state index is 0.608. The maximum atomic E-state index is 5.40. The lowest BCUT2D eigenvalue weighted by Gasteiger charge is -2.15. The molecule has 0 fully saturated rings. The molecule has 0 unspecified atom stereocenters. The van der Waals surface area contributed by atoms with Crippen LogP contribution in [0.25, 0.3) is 127 Å². The molecule has 4 nitrogen and oxygen atoms in total. The van der Waals surface area contributed by atoms with Gasteiger partial charge >= 0.3 is 0 Å². The molecular formula is C63H40N4. The van der Waals surface area contributed by atoms with Crippen LogP contribution in [-0.2, 0) is 0 Å². The van der Waals surface area contributed by atoms with E-state index >= 15 is 0 Å². The first-order valence-corrected chi connectivity index (χ1v) is 22.8. The van der Waals surface area contributed by atoms with Gasteiger partial charge in [0, 0.05) is 33.2 Å². The highest BCUT2D eigenvalue weighted by Crippen LogP contribution is 2.43. The van der Waals surface area contributed by atoms with E-state index < -0.39 is 0 Å². The van der Waals surface area contributed by atoms with Crippen molar-refractivity contribution >= 4 is 54.1 Å². The smallest absolute Gasteiger partial charge is 0.164 e. The predicted octanol–water partition coefficient (Wildman–Crippen LogP) is 16.4. The largest absolute Gasteiger partial charge is 0.309 e. The molecule has 0 saturated carbocycles. The minimum Gasteiger partial charge on any atom is -0.309 e. The van der Waals surface area contributed by atoms with Gasteiger partial charge in [-0.05, 0) is 96.0 Å². The fourth-order valence-corrected chi connectivity index (χ4v) is 10.2. The number of rotatable bonds is 7. The normalized spacial score (nSPS) is 11.6. The van der Waals surface area contributed by atoms with Crippen molar-refractivity contribution in [3.63, 3.8) is 0 Å². The zero-order chi connectivity index (χ0) is 44.3. The Morgan fingerprint density at radius 2 is 0.806 bits per heavy atom. The molecule has 0 aliphatic heterocycles. The molecule has 13 rings (SSSR count). The Bertz CT molecular complexity index is 4020. The van der Waals surface area contributed by atoms with Gasteiger partial charge in [-0.2, -0.15) is 0 Å². The van der Waals surface area contributed by atoms with Crippen molar-refractivity contribution < 1.29 is 0 Å². The van der Waals surface area contributed by atoms with E-state index in [0.717, 1.165) is 61.2 Å². The van der Waals surface area contributed by atoms with Gasteiger partial charge in [-0.25, -0.2) is 15.0 Å². The number of nitrogens with zero attached hydrogens (tertiary/aromatic N) is 4. The van der Waals surface area contributed by atoms with Crippen LogP contribution < -0.4 is 0 Å². The molecule has 0 N–H and O–H groups in total. The highest BCUT2D eigenvalue weighted by atomic mass is 15.0. The van der Waals surface area contributed by atoms with Crippen molar-refractivity contribution in [2.24, 2.45) is 0 Å². The van der Waals surface area contributed by atoms with Crippen LogP contribution in [0, 0.1) is 0 Å². The fraction of sp³-hybridized carbons (Fsp3) is 0. The summed E-state index contributed by atoms with van der Waals surface area (Å²) in [5, 5.41) is 9.77. The van der Waals surface area contributed by atoms with Crippen molar-refractivity contribution in [3.05, 3.63) is 243 Å². The molecule has 13 aromatic rings. The molecule has 0 radical (unpaired) electrons. The van der Waals surface area contributed by atoms with Crippen LogP contribution in [0.4, 0.5) is 0 Å². The van der Waals surface area contributed by atoms with Gasteiger partial charge in [0.15, 0.2) is 17.5 Å². The van der Waals surface area contributed by atoms with Gasteiger partial charge < -0.3 is 4.57 Å². The van der Waals surface area contributed by atoms with Crippen molar-refractivity contribution in [2.75, 3.05) is 0 Å². The first-order valence-electron chi connectivity index (χ1n) is 22.8. The molecule has 0 bridgehead atoms. The maximum absolute atomic E-state index is 5.40. The summed E-state index contributed by atoms with van der Waals surface area (Å²) in [5.74, 6) is 1.83. The molecule has 0 amide bonds. The monoisotopic (exact) mass is 852 g/mol. The number of fused-ring (bicyclic) bond motifs is 7. The summed E-state index contributed by atoms with van der Waals surface area (Å²) in [6.07, 6.45) is 0. The van der Waals surface area contributed by atoms with E-state index in [-0.39, 0.29) is 0 Å². The van der Waals surface area contributed by atoms with E-state index in [0.29, 0.717) is 17.5 Å². The van der Waals surface area contributed by atoms with E-state index in [4.69, 9.17) is 15.0 Å². The van der Waals surface area contributed by atoms with Gasteiger partial charge in [-0.15, -0.1) is 0 Å². The summed E-state index contributed by atoms with van der Waals surface area (Å²) < 4.78 is 2.36. The highest BCUT2D eigenvalue weighted by Gasteiger charge is 2.22. The van der Waals surface area contributed by atoms with Gasteiger partial charge in [0.1, 0.15) is 0 Å². The Labute approximate surface area is 387 Å². The first-order chi connectivity index (χ1) is 33.2. The van der Waals surface area contributed by atoms with Crippen molar-refractivity contribution in [2.45, 2.75) is 0 Å². The van der Waals surface area contributed by atoms with E-state index in [1.165, 1.54) is 48.7 Å². The summed E-state index contributed by atoms with van der Waals surface area (Å²) in [6.45, 7) is 0. The van der Waals surface area contributed by atoms with Gasteiger partial charge in [0.05, 0.1) is 11.0 Å². The van der Waals surface area contributed by atoms with Gasteiger partial charge in [0.25, 0.3) is 0 Å². The predicted molar refractivity (Wildman–Crippen MR) is 279 cm³/mol. The molecule has 0 aliphatic carbocycles. The van der Waals surface area contributed by atoms with Gasteiger partial charge in [-0.1, -0.05) is 212 Å². The fourth-order valence-electron chi connectivity index (χ4n) is 10.2. The van der Waals surface area contributed by atoms with Crippen LogP contribution in [0.5, 0.6) is 0 Å². The molecule has 312 valence electrons. The van der Waals surface area contributed by atoms with Crippen LogP contribution in [0.15, 0.2) is 243 Å². The Balaban J connectivity index is 1.01. The molecule has 0 spiro atoms. The number of hydrogen-bond acceptors (Lipinski definition) is 3. The second-order valence-corrected chi connectivity index (χ2v) is 17.1. The van der Waals surface area contributed by atoms with Gasteiger partial charge in [0.2, 0.25) is 0 Å². The second-order valence-electron chi connectivity index (χ2n) is 17.1. The molecular weight excluding hydrogens is 813 g/mol. The lowest BCUT2D eigenvalue weighted by atomic mass is 9.89. The summed E-state index contributed by atoms with van der Waals surface area (Å²) in [7, 11) is 0. The topological polar surface area (TPSA) is 43.6 Å². The summed E-state index contributed by atoms with van der Waals surface area (Å²) in [4.78, 5) is 16.1. The lowest BCUT2D eigenvalue weighted by Crippen LogP contribution is -2.02. The number of hydrogen-bond donors (Lipinski definition) is 0. The zero-order valence-corrected chi connectivity index (χ0v) is 36.4.